The second-order valence-electron chi connectivity index (χ2n) is 4.79. The monoisotopic (exact) mass is 309 g/mol. The molecule has 108 valence electrons. The van der Waals surface area contributed by atoms with E-state index in [4.69, 9.17) is 0 Å². The third-order valence-electron chi connectivity index (χ3n) is 3.45. The highest BCUT2D eigenvalue weighted by molar-refractivity contribution is 8.00. The molecule has 6 heteroatoms. The SMILES string of the molecule is FC(F)(F)SCCNC(c1cccs1)C1CCCC1. The molecule has 1 unspecified atom stereocenters. The molecule has 0 aromatic carbocycles. The molecule has 1 aromatic heterocycles. The molecule has 1 aromatic rings. The third kappa shape index (κ3) is 5.00. The van der Waals surface area contributed by atoms with Crippen LogP contribution in [0.3, 0.4) is 0 Å². The molecular formula is C13H18F3NS2. The highest BCUT2D eigenvalue weighted by Gasteiger charge is 2.29. The molecule has 0 spiro atoms. The van der Waals surface area contributed by atoms with Crippen LogP contribution < -0.4 is 5.32 Å². The van der Waals surface area contributed by atoms with Crippen molar-refractivity contribution in [3.63, 3.8) is 0 Å². The number of nitrogens with one attached hydrogen (secondary N) is 1. The molecule has 0 amide bonds. The van der Waals surface area contributed by atoms with Gasteiger partial charge >= 0.3 is 5.51 Å². The maximum Gasteiger partial charge on any atom is 0.441 e. The molecule has 1 aliphatic carbocycles. The Bertz CT molecular complexity index is 358. The topological polar surface area (TPSA) is 12.0 Å². The first-order chi connectivity index (χ1) is 9.06. The van der Waals surface area contributed by atoms with Crippen molar-refractivity contribution in [2.45, 2.75) is 37.2 Å². The van der Waals surface area contributed by atoms with E-state index in [0.717, 1.165) is 0 Å². The van der Waals surface area contributed by atoms with Crippen molar-refractivity contribution in [3.05, 3.63) is 22.4 Å². The molecule has 1 aliphatic rings. The Hall–Kier alpha value is -0.200. The molecule has 0 aliphatic heterocycles. The van der Waals surface area contributed by atoms with Gasteiger partial charge in [0.2, 0.25) is 0 Å². The third-order valence-corrected chi connectivity index (χ3v) is 5.14. The molecule has 1 heterocycles. The molecule has 0 radical (unpaired) electrons. The molecule has 0 saturated heterocycles. The summed E-state index contributed by atoms with van der Waals surface area (Å²) in [5, 5.41) is 5.36. The van der Waals surface area contributed by atoms with Crippen molar-refractivity contribution in [3.8, 4) is 0 Å². The minimum atomic E-state index is -4.12. The Balaban J connectivity index is 1.84. The van der Waals surface area contributed by atoms with Gasteiger partial charge in [-0.05, 0) is 42.0 Å². The van der Waals surface area contributed by atoms with E-state index in [9.17, 15) is 13.2 Å². The Labute approximate surface area is 120 Å². The van der Waals surface area contributed by atoms with Gasteiger partial charge in [0.25, 0.3) is 0 Å². The maximum atomic E-state index is 12.1. The minimum Gasteiger partial charge on any atom is -0.308 e. The number of alkyl halides is 3. The van der Waals surface area contributed by atoms with E-state index >= 15 is 0 Å². The quantitative estimate of drug-likeness (QED) is 0.756. The fourth-order valence-electron chi connectivity index (χ4n) is 2.64. The van der Waals surface area contributed by atoms with Gasteiger partial charge in [-0.3, -0.25) is 0 Å². The summed E-state index contributed by atoms with van der Waals surface area (Å²) in [5.41, 5.74) is -4.12. The zero-order valence-corrected chi connectivity index (χ0v) is 12.2. The number of thioether (sulfide) groups is 1. The van der Waals surface area contributed by atoms with Gasteiger partial charge < -0.3 is 5.32 Å². The van der Waals surface area contributed by atoms with E-state index in [2.05, 4.69) is 11.4 Å². The van der Waals surface area contributed by atoms with Crippen LogP contribution in [-0.4, -0.2) is 17.8 Å². The Morgan fingerprint density at radius 3 is 2.68 bits per heavy atom. The van der Waals surface area contributed by atoms with Gasteiger partial charge in [0.1, 0.15) is 0 Å². The lowest BCUT2D eigenvalue weighted by molar-refractivity contribution is -0.0327. The average Bonchev–Trinajstić information content (AvgIpc) is 3.00. The number of halogens is 3. The van der Waals surface area contributed by atoms with Gasteiger partial charge in [0.05, 0.1) is 0 Å². The van der Waals surface area contributed by atoms with Crippen LogP contribution in [0.25, 0.3) is 0 Å². The molecule has 2 rings (SSSR count). The lowest BCUT2D eigenvalue weighted by Gasteiger charge is -2.24. The number of rotatable bonds is 6. The fourth-order valence-corrected chi connectivity index (χ4v) is 3.98. The molecule has 1 atom stereocenters. The van der Waals surface area contributed by atoms with Crippen molar-refractivity contribution >= 4 is 23.1 Å². The summed E-state index contributed by atoms with van der Waals surface area (Å²) in [6, 6.07) is 4.32. The lowest BCUT2D eigenvalue weighted by Crippen LogP contribution is -2.29. The van der Waals surface area contributed by atoms with Gasteiger partial charge in [-0.1, -0.05) is 18.9 Å². The zero-order chi connectivity index (χ0) is 13.7. The molecule has 1 saturated carbocycles. The van der Waals surface area contributed by atoms with Crippen LogP contribution in [0.5, 0.6) is 0 Å². The van der Waals surface area contributed by atoms with Crippen LogP contribution in [0.2, 0.25) is 0 Å². The van der Waals surface area contributed by atoms with E-state index in [1.807, 2.05) is 11.4 Å². The summed E-state index contributed by atoms with van der Waals surface area (Å²) in [7, 11) is 0. The van der Waals surface area contributed by atoms with E-state index in [-0.39, 0.29) is 23.6 Å². The molecule has 1 nitrogen and oxygen atoms in total. The summed E-state index contributed by atoms with van der Waals surface area (Å²) in [4.78, 5) is 1.25. The minimum absolute atomic E-state index is 0.0562. The van der Waals surface area contributed by atoms with Crippen LogP contribution in [-0.2, 0) is 0 Å². The Morgan fingerprint density at radius 2 is 2.11 bits per heavy atom. The van der Waals surface area contributed by atoms with Gasteiger partial charge in [0, 0.05) is 23.2 Å². The van der Waals surface area contributed by atoms with Crippen molar-refractivity contribution in [2.75, 3.05) is 12.3 Å². The van der Waals surface area contributed by atoms with Crippen molar-refractivity contribution < 1.29 is 13.2 Å². The summed E-state index contributed by atoms with van der Waals surface area (Å²) in [6.07, 6.45) is 4.85. The molecule has 19 heavy (non-hydrogen) atoms. The highest BCUT2D eigenvalue weighted by atomic mass is 32.2. The van der Waals surface area contributed by atoms with E-state index in [1.165, 1.54) is 30.6 Å². The van der Waals surface area contributed by atoms with Gasteiger partial charge in [0.15, 0.2) is 0 Å². The first kappa shape index (κ1) is 15.2. The highest BCUT2D eigenvalue weighted by Crippen LogP contribution is 2.37. The van der Waals surface area contributed by atoms with Gasteiger partial charge in [-0.15, -0.1) is 11.3 Å². The Morgan fingerprint density at radius 1 is 1.37 bits per heavy atom. The van der Waals surface area contributed by atoms with E-state index in [1.54, 1.807) is 11.3 Å². The summed E-state index contributed by atoms with van der Waals surface area (Å²) in [5.74, 6) is 0.660. The largest absolute Gasteiger partial charge is 0.441 e. The molecule has 0 bridgehead atoms. The van der Waals surface area contributed by atoms with Crippen LogP contribution in [0.15, 0.2) is 17.5 Å². The number of thiophene rings is 1. The summed E-state index contributed by atoms with van der Waals surface area (Å²) in [6.45, 7) is 0.406. The average molecular weight is 309 g/mol. The lowest BCUT2D eigenvalue weighted by atomic mass is 9.97. The normalized spacial score (nSPS) is 18.9. The summed E-state index contributed by atoms with van der Waals surface area (Å²) >= 11 is 1.75. The van der Waals surface area contributed by atoms with Crippen molar-refractivity contribution in [1.29, 1.82) is 0 Å². The van der Waals surface area contributed by atoms with Gasteiger partial charge in [-0.2, -0.15) is 13.2 Å². The fraction of sp³-hybridized carbons (Fsp3) is 0.692. The predicted molar refractivity (Wildman–Crippen MR) is 75.5 cm³/mol. The van der Waals surface area contributed by atoms with Crippen LogP contribution in [0.4, 0.5) is 13.2 Å². The summed E-state index contributed by atoms with van der Waals surface area (Å²) < 4.78 is 36.3. The standard InChI is InChI=1S/C13H18F3NS2/c14-13(15,16)19-9-7-17-12(10-4-1-2-5-10)11-6-3-8-18-11/h3,6,8,10,12,17H,1-2,4-5,7,9H2. The van der Waals surface area contributed by atoms with E-state index in [0.29, 0.717) is 12.5 Å². The molecule has 1 fully saturated rings. The second-order valence-corrected chi connectivity index (χ2v) is 6.93. The molecular weight excluding hydrogens is 291 g/mol. The van der Waals surface area contributed by atoms with Crippen LogP contribution in [0.1, 0.15) is 36.6 Å². The maximum absolute atomic E-state index is 12.1. The molecule has 1 N–H and O–H groups in total. The van der Waals surface area contributed by atoms with Crippen molar-refractivity contribution in [2.24, 2.45) is 5.92 Å². The first-order valence-corrected chi connectivity index (χ1v) is 8.40. The van der Waals surface area contributed by atoms with Gasteiger partial charge in [-0.25, -0.2) is 0 Å². The first-order valence-electron chi connectivity index (χ1n) is 6.54. The van der Waals surface area contributed by atoms with Crippen LogP contribution in [0, 0.1) is 5.92 Å². The van der Waals surface area contributed by atoms with Crippen LogP contribution >= 0.6 is 23.1 Å². The smallest absolute Gasteiger partial charge is 0.308 e. The number of hydrogen-bond donors (Lipinski definition) is 1. The van der Waals surface area contributed by atoms with E-state index < -0.39 is 5.51 Å². The zero-order valence-electron chi connectivity index (χ0n) is 10.6. The second kappa shape index (κ2) is 6.99. The number of hydrogen-bond acceptors (Lipinski definition) is 3. The predicted octanol–water partition coefficient (Wildman–Crippen LogP) is 4.82. The Kier molecular flexibility index (Phi) is 5.59. The van der Waals surface area contributed by atoms with Crippen molar-refractivity contribution in [1.82, 2.24) is 5.32 Å².